The molecule has 14 heavy (non-hydrogen) atoms. The van der Waals surface area contributed by atoms with Crippen molar-refractivity contribution in [3.8, 4) is 0 Å². The van der Waals surface area contributed by atoms with Gasteiger partial charge in [0.25, 0.3) is 0 Å². The van der Waals surface area contributed by atoms with Crippen molar-refractivity contribution in [2.24, 2.45) is 0 Å². The maximum Gasteiger partial charge on any atom is 0.344 e. The van der Waals surface area contributed by atoms with E-state index in [4.69, 9.17) is 0 Å². The number of aromatic nitrogens is 3. The second kappa shape index (κ2) is 2.93. The van der Waals surface area contributed by atoms with Crippen LogP contribution in [0.4, 0.5) is 4.39 Å². The van der Waals surface area contributed by atoms with Crippen molar-refractivity contribution in [1.29, 1.82) is 0 Å². The summed E-state index contributed by atoms with van der Waals surface area (Å²) in [5, 5.41) is 5.58. The van der Waals surface area contributed by atoms with Gasteiger partial charge < -0.3 is 4.74 Å². The SMILES string of the molecule is COC(=O)[C@@H]1C[C@H](F)c2n[nH]c(=O)n21. The number of halogens is 1. The molecule has 0 saturated heterocycles. The van der Waals surface area contributed by atoms with Crippen LogP contribution in [-0.4, -0.2) is 27.8 Å². The van der Waals surface area contributed by atoms with Crippen LogP contribution < -0.4 is 5.69 Å². The Labute approximate surface area is 77.7 Å². The normalized spacial score (nSPS) is 24.7. The summed E-state index contributed by atoms with van der Waals surface area (Å²) in [7, 11) is 1.19. The molecular formula is C7H8FN3O3. The highest BCUT2D eigenvalue weighted by atomic mass is 19.1. The third kappa shape index (κ3) is 1.05. The number of carbonyl (C=O) groups is 1. The number of nitrogens with zero attached hydrogens (tertiary/aromatic N) is 2. The Bertz CT molecular complexity index is 424. The second-order valence-electron chi connectivity index (χ2n) is 3.00. The van der Waals surface area contributed by atoms with Crippen LogP contribution >= 0.6 is 0 Å². The van der Waals surface area contributed by atoms with Gasteiger partial charge in [-0.2, -0.15) is 5.10 Å². The van der Waals surface area contributed by atoms with Crippen molar-refractivity contribution in [2.45, 2.75) is 18.6 Å². The maximum atomic E-state index is 13.2. The van der Waals surface area contributed by atoms with Crippen LogP contribution in [0, 0.1) is 0 Å². The molecule has 7 heteroatoms. The van der Waals surface area contributed by atoms with Crippen molar-refractivity contribution in [2.75, 3.05) is 7.11 Å². The van der Waals surface area contributed by atoms with Crippen molar-refractivity contribution in [1.82, 2.24) is 14.8 Å². The third-order valence-corrected chi connectivity index (χ3v) is 2.23. The Kier molecular flexibility index (Phi) is 1.87. The summed E-state index contributed by atoms with van der Waals surface area (Å²) < 4.78 is 18.7. The highest BCUT2D eigenvalue weighted by molar-refractivity contribution is 5.74. The van der Waals surface area contributed by atoms with E-state index in [-0.39, 0.29) is 12.2 Å². The lowest BCUT2D eigenvalue weighted by molar-refractivity contribution is -0.144. The minimum absolute atomic E-state index is 0.0367. The van der Waals surface area contributed by atoms with E-state index in [1.165, 1.54) is 7.11 Å². The smallest absolute Gasteiger partial charge is 0.344 e. The third-order valence-electron chi connectivity index (χ3n) is 2.23. The van der Waals surface area contributed by atoms with Crippen LogP contribution in [0.25, 0.3) is 0 Å². The van der Waals surface area contributed by atoms with Gasteiger partial charge in [-0.3, -0.25) is 4.57 Å². The molecule has 0 saturated carbocycles. The van der Waals surface area contributed by atoms with Crippen LogP contribution in [0.2, 0.25) is 0 Å². The number of carbonyl (C=O) groups excluding carboxylic acids is 1. The quantitative estimate of drug-likeness (QED) is 0.633. The van der Waals surface area contributed by atoms with Gasteiger partial charge in [-0.15, -0.1) is 0 Å². The van der Waals surface area contributed by atoms with E-state index in [1.807, 2.05) is 0 Å². The molecule has 2 atom stereocenters. The number of alkyl halides is 1. The Hall–Kier alpha value is -1.66. The molecule has 2 rings (SSSR count). The summed E-state index contributed by atoms with van der Waals surface area (Å²) in [6.07, 6.45) is -1.48. The molecule has 0 bridgehead atoms. The fourth-order valence-corrected chi connectivity index (χ4v) is 1.58. The van der Waals surface area contributed by atoms with E-state index in [1.54, 1.807) is 0 Å². The van der Waals surface area contributed by atoms with Gasteiger partial charge >= 0.3 is 11.7 Å². The van der Waals surface area contributed by atoms with Crippen LogP contribution in [-0.2, 0) is 9.53 Å². The largest absolute Gasteiger partial charge is 0.467 e. The van der Waals surface area contributed by atoms with Gasteiger partial charge in [0, 0.05) is 6.42 Å². The van der Waals surface area contributed by atoms with Gasteiger partial charge in [0.05, 0.1) is 7.11 Å². The van der Waals surface area contributed by atoms with Gasteiger partial charge in [-0.1, -0.05) is 0 Å². The first kappa shape index (κ1) is 8.92. The molecule has 0 spiro atoms. The predicted molar refractivity (Wildman–Crippen MR) is 42.4 cm³/mol. The highest BCUT2D eigenvalue weighted by Crippen LogP contribution is 2.34. The van der Waals surface area contributed by atoms with Gasteiger partial charge in [0.15, 0.2) is 12.0 Å². The van der Waals surface area contributed by atoms with Gasteiger partial charge in [0.1, 0.15) is 6.04 Å². The molecule has 76 valence electrons. The molecule has 0 amide bonds. The number of rotatable bonds is 1. The zero-order valence-corrected chi connectivity index (χ0v) is 7.36. The number of methoxy groups -OCH3 is 1. The molecule has 1 aliphatic rings. The number of aromatic amines is 1. The first-order valence-electron chi connectivity index (χ1n) is 4.04. The van der Waals surface area contributed by atoms with Crippen LogP contribution in [0.1, 0.15) is 24.5 Å². The lowest BCUT2D eigenvalue weighted by atomic mass is 10.2. The molecule has 0 radical (unpaired) electrons. The number of esters is 1. The molecule has 1 aromatic rings. The summed E-state index contributed by atoms with van der Waals surface area (Å²) in [5.41, 5.74) is -0.587. The van der Waals surface area contributed by atoms with E-state index in [0.29, 0.717) is 0 Å². The average Bonchev–Trinajstić information content (AvgIpc) is 2.69. The number of ether oxygens (including phenoxy) is 1. The maximum absolute atomic E-state index is 13.2. The zero-order valence-electron chi connectivity index (χ0n) is 7.36. The predicted octanol–water partition coefficient (Wildman–Crippen LogP) is -0.300. The monoisotopic (exact) mass is 201 g/mol. The average molecular weight is 201 g/mol. The summed E-state index contributed by atoms with van der Waals surface area (Å²) in [6, 6.07) is -0.892. The second-order valence-corrected chi connectivity index (χ2v) is 3.00. The van der Waals surface area contributed by atoms with Crippen molar-refractivity contribution in [3.63, 3.8) is 0 Å². The zero-order chi connectivity index (χ0) is 10.3. The molecule has 0 aromatic carbocycles. The Morgan fingerprint density at radius 3 is 3.14 bits per heavy atom. The molecule has 6 nitrogen and oxygen atoms in total. The van der Waals surface area contributed by atoms with Crippen LogP contribution in [0.15, 0.2) is 4.79 Å². The van der Waals surface area contributed by atoms with Crippen molar-refractivity contribution < 1.29 is 13.9 Å². The number of fused-ring (bicyclic) bond motifs is 1. The van der Waals surface area contributed by atoms with Crippen LogP contribution in [0.3, 0.4) is 0 Å². The van der Waals surface area contributed by atoms with Gasteiger partial charge in [0.2, 0.25) is 0 Å². The topological polar surface area (TPSA) is 77.0 Å². The first-order chi connectivity index (χ1) is 6.65. The minimum atomic E-state index is -1.39. The fourth-order valence-electron chi connectivity index (χ4n) is 1.58. The Morgan fingerprint density at radius 2 is 2.50 bits per heavy atom. The van der Waals surface area contributed by atoms with Crippen molar-refractivity contribution >= 4 is 5.97 Å². The van der Waals surface area contributed by atoms with E-state index >= 15 is 0 Å². The summed E-state index contributed by atoms with van der Waals surface area (Å²) in [4.78, 5) is 22.3. The van der Waals surface area contributed by atoms with Gasteiger partial charge in [-0.05, 0) is 0 Å². The van der Waals surface area contributed by atoms with Gasteiger partial charge in [-0.25, -0.2) is 19.1 Å². The van der Waals surface area contributed by atoms with E-state index in [0.717, 1.165) is 4.57 Å². The molecule has 0 fully saturated rings. The van der Waals surface area contributed by atoms with E-state index in [2.05, 4.69) is 14.9 Å². The fraction of sp³-hybridized carbons (Fsp3) is 0.571. The lowest BCUT2D eigenvalue weighted by Crippen LogP contribution is -2.26. The Morgan fingerprint density at radius 1 is 1.79 bits per heavy atom. The molecule has 0 aliphatic carbocycles. The molecule has 1 aliphatic heterocycles. The molecular weight excluding hydrogens is 193 g/mol. The summed E-state index contributed by atoms with van der Waals surface area (Å²) in [5.74, 6) is -0.666. The molecule has 0 unspecified atom stereocenters. The minimum Gasteiger partial charge on any atom is -0.467 e. The number of nitrogens with one attached hydrogen (secondary N) is 1. The molecule has 1 aromatic heterocycles. The van der Waals surface area contributed by atoms with E-state index < -0.39 is 23.9 Å². The van der Waals surface area contributed by atoms with Crippen molar-refractivity contribution in [3.05, 3.63) is 16.3 Å². The number of H-pyrrole nitrogens is 1. The lowest BCUT2D eigenvalue weighted by Gasteiger charge is -2.07. The molecule has 1 N–H and O–H groups in total. The number of hydrogen-bond acceptors (Lipinski definition) is 4. The highest BCUT2D eigenvalue weighted by Gasteiger charge is 2.39. The Balaban J connectivity index is 2.47. The summed E-state index contributed by atoms with van der Waals surface area (Å²) >= 11 is 0. The summed E-state index contributed by atoms with van der Waals surface area (Å²) in [6.45, 7) is 0. The molecule has 2 heterocycles. The number of hydrogen-bond donors (Lipinski definition) is 1. The van der Waals surface area contributed by atoms with Crippen LogP contribution in [0.5, 0.6) is 0 Å². The first-order valence-corrected chi connectivity index (χ1v) is 4.04. The standard InChI is InChI=1S/C7H8FN3O3/c1-14-6(12)4-2-3(8)5-9-10-7(13)11(4)5/h3-4H,2H2,1H3,(H,10,13)/t3-,4-/m0/s1. The van der Waals surface area contributed by atoms with E-state index in [9.17, 15) is 14.0 Å².